The van der Waals surface area contributed by atoms with Gasteiger partial charge in [-0.2, -0.15) is 0 Å². The molecule has 0 spiro atoms. The third kappa shape index (κ3) is 5.47. The van der Waals surface area contributed by atoms with Gasteiger partial charge in [0, 0.05) is 25.5 Å². The SMILES string of the molecule is Cc1cc(CN(C)C(=O)N[C@@H](CC(=O)O)C(=O)O)ccn1. The van der Waals surface area contributed by atoms with Gasteiger partial charge in [0.05, 0.1) is 6.42 Å². The van der Waals surface area contributed by atoms with E-state index in [0.29, 0.717) is 0 Å². The lowest BCUT2D eigenvalue weighted by Crippen LogP contribution is -2.47. The maximum atomic E-state index is 11.9. The number of hydrogen-bond acceptors (Lipinski definition) is 4. The molecule has 114 valence electrons. The third-order valence-electron chi connectivity index (χ3n) is 2.70. The molecule has 0 saturated heterocycles. The molecule has 0 aromatic carbocycles. The highest BCUT2D eigenvalue weighted by Gasteiger charge is 2.24. The number of pyridine rings is 1. The van der Waals surface area contributed by atoms with Crippen molar-refractivity contribution in [1.82, 2.24) is 15.2 Å². The Hall–Kier alpha value is -2.64. The van der Waals surface area contributed by atoms with Crippen LogP contribution in [0.25, 0.3) is 0 Å². The van der Waals surface area contributed by atoms with E-state index < -0.39 is 30.4 Å². The number of urea groups is 1. The van der Waals surface area contributed by atoms with E-state index in [2.05, 4.69) is 10.3 Å². The zero-order valence-electron chi connectivity index (χ0n) is 11.7. The van der Waals surface area contributed by atoms with Crippen molar-refractivity contribution in [1.29, 1.82) is 0 Å². The summed E-state index contributed by atoms with van der Waals surface area (Å²) in [7, 11) is 1.49. The summed E-state index contributed by atoms with van der Waals surface area (Å²) in [6, 6.07) is 1.42. The predicted octanol–water partition coefficient (Wildman–Crippen LogP) is 0.459. The van der Waals surface area contributed by atoms with E-state index in [9.17, 15) is 14.4 Å². The fourth-order valence-electron chi connectivity index (χ4n) is 1.68. The van der Waals surface area contributed by atoms with Gasteiger partial charge in [-0.15, -0.1) is 0 Å². The molecule has 8 heteroatoms. The molecule has 2 amide bonds. The standard InChI is InChI=1S/C13H17N3O5/c1-8-5-9(3-4-14-8)7-16(2)13(21)15-10(12(19)20)6-11(17)18/h3-5,10H,6-7H2,1-2H3,(H,15,21)(H,17,18)(H,19,20)/t10-/m0/s1. The average Bonchev–Trinajstić information content (AvgIpc) is 2.37. The number of rotatable bonds is 6. The van der Waals surface area contributed by atoms with Gasteiger partial charge in [0.25, 0.3) is 0 Å². The lowest BCUT2D eigenvalue weighted by atomic mass is 10.2. The lowest BCUT2D eigenvalue weighted by molar-refractivity contribution is -0.145. The van der Waals surface area contributed by atoms with Gasteiger partial charge in [0.15, 0.2) is 0 Å². The summed E-state index contributed by atoms with van der Waals surface area (Å²) in [6.07, 6.45) is 0.935. The van der Waals surface area contributed by atoms with Crippen LogP contribution in [-0.2, 0) is 16.1 Å². The van der Waals surface area contributed by atoms with Crippen LogP contribution in [0.3, 0.4) is 0 Å². The topological polar surface area (TPSA) is 120 Å². The Morgan fingerprint density at radius 1 is 1.38 bits per heavy atom. The van der Waals surface area contributed by atoms with E-state index in [1.807, 2.05) is 6.92 Å². The van der Waals surface area contributed by atoms with Gasteiger partial charge >= 0.3 is 18.0 Å². The maximum Gasteiger partial charge on any atom is 0.326 e. The number of carboxylic acids is 2. The average molecular weight is 295 g/mol. The van der Waals surface area contributed by atoms with E-state index in [-0.39, 0.29) is 6.54 Å². The Morgan fingerprint density at radius 3 is 2.57 bits per heavy atom. The molecule has 1 aromatic heterocycles. The van der Waals surface area contributed by atoms with Crippen LogP contribution in [0.15, 0.2) is 18.3 Å². The van der Waals surface area contributed by atoms with Crippen molar-refractivity contribution in [2.75, 3.05) is 7.05 Å². The smallest absolute Gasteiger partial charge is 0.326 e. The maximum absolute atomic E-state index is 11.9. The lowest BCUT2D eigenvalue weighted by Gasteiger charge is -2.20. The number of carbonyl (C=O) groups is 3. The quantitative estimate of drug-likeness (QED) is 0.701. The first-order valence-electron chi connectivity index (χ1n) is 6.17. The summed E-state index contributed by atoms with van der Waals surface area (Å²) in [4.78, 5) is 38.6. The molecule has 0 aliphatic rings. The largest absolute Gasteiger partial charge is 0.481 e. The van der Waals surface area contributed by atoms with E-state index in [1.165, 1.54) is 11.9 Å². The molecule has 0 radical (unpaired) electrons. The van der Waals surface area contributed by atoms with Crippen molar-refractivity contribution in [3.63, 3.8) is 0 Å². The van der Waals surface area contributed by atoms with Crippen molar-refractivity contribution in [2.24, 2.45) is 0 Å². The van der Waals surface area contributed by atoms with Crippen molar-refractivity contribution >= 4 is 18.0 Å². The number of aryl methyl sites for hydroxylation is 1. The minimum atomic E-state index is -1.46. The van der Waals surface area contributed by atoms with Crippen LogP contribution in [0, 0.1) is 6.92 Å². The number of amides is 2. The van der Waals surface area contributed by atoms with Crippen LogP contribution < -0.4 is 5.32 Å². The minimum absolute atomic E-state index is 0.259. The highest BCUT2D eigenvalue weighted by Crippen LogP contribution is 2.05. The van der Waals surface area contributed by atoms with Gasteiger partial charge in [-0.25, -0.2) is 9.59 Å². The molecule has 21 heavy (non-hydrogen) atoms. The number of carboxylic acid groups (broad SMARTS) is 2. The second kappa shape index (κ2) is 7.22. The van der Waals surface area contributed by atoms with E-state index in [0.717, 1.165) is 11.3 Å². The molecule has 1 heterocycles. The normalized spacial score (nSPS) is 11.5. The monoisotopic (exact) mass is 295 g/mol. The van der Waals surface area contributed by atoms with Gasteiger partial charge in [-0.05, 0) is 24.6 Å². The summed E-state index contributed by atoms with van der Waals surface area (Å²) in [5.41, 5.74) is 1.64. The summed E-state index contributed by atoms with van der Waals surface area (Å²) in [6.45, 7) is 2.07. The molecule has 1 rings (SSSR count). The molecule has 0 bridgehead atoms. The second-order valence-electron chi connectivity index (χ2n) is 4.60. The van der Waals surface area contributed by atoms with E-state index >= 15 is 0 Å². The van der Waals surface area contributed by atoms with Gasteiger partial charge in [0.2, 0.25) is 0 Å². The van der Waals surface area contributed by atoms with E-state index in [1.54, 1.807) is 18.3 Å². The molecule has 0 unspecified atom stereocenters. The predicted molar refractivity (Wildman–Crippen MR) is 72.6 cm³/mol. The number of nitrogens with zero attached hydrogens (tertiary/aromatic N) is 2. The van der Waals surface area contributed by atoms with Gasteiger partial charge in [0.1, 0.15) is 6.04 Å². The Morgan fingerprint density at radius 2 is 2.05 bits per heavy atom. The highest BCUT2D eigenvalue weighted by atomic mass is 16.4. The van der Waals surface area contributed by atoms with Crippen LogP contribution in [0.2, 0.25) is 0 Å². The van der Waals surface area contributed by atoms with Gasteiger partial charge in [-0.1, -0.05) is 0 Å². The Bertz CT molecular complexity index is 546. The third-order valence-corrected chi connectivity index (χ3v) is 2.70. The summed E-state index contributed by atoms with van der Waals surface area (Å²) < 4.78 is 0. The van der Waals surface area contributed by atoms with Gasteiger partial charge < -0.3 is 20.4 Å². The number of aliphatic carboxylic acids is 2. The minimum Gasteiger partial charge on any atom is -0.481 e. The van der Waals surface area contributed by atoms with Crippen molar-refractivity contribution < 1.29 is 24.6 Å². The highest BCUT2D eigenvalue weighted by molar-refractivity contribution is 5.86. The Labute approximate surface area is 121 Å². The van der Waals surface area contributed by atoms with Crippen LogP contribution >= 0.6 is 0 Å². The summed E-state index contributed by atoms with van der Waals surface area (Å²) >= 11 is 0. The molecule has 0 aliphatic heterocycles. The summed E-state index contributed by atoms with van der Waals surface area (Å²) in [5.74, 6) is -2.69. The Kier molecular flexibility index (Phi) is 5.65. The van der Waals surface area contributed by atoms with Crippen molar-refractivity contribution in [2.45, 2.75) is 25.9 Å². The van der Waals surface area contributed by atoms with E-state index in [4.69, 9.17) is 10.2 Å². The zero-order valence-corrected chi connectivity index (χ0v) is 11.7. The number of carbonyl (C=O) groups excluding carboxylic acids is 1. The molecule has 8 nitrogen and oxygen atoms in total. The molecular formula is C13H17N3O5. The molecule has 0 aliphatic carbocycles. The fraction of sp³-hybridized carbons (Fsp3) is 0.385. The molecule has 1 aromatic rings. The second-order valence-corrected chi connectivity index (χ2v) is 4.60. The van der Waals surface area contributed by atoms with Crippen LogP contribution in [-0.4, -0.2) is 51.2 Å². The van der Waals surface area contributed by atoms with Gasteiger partial charge in [-0.3, -0.25) is 9.78 Å². The van der Waals surface area contributed by atoms with Crippen molar-refractivity contribution in [3.05, 3.63) is 29.6 Å². The zero-order chi connectivity index (χ0) is 16.0. The fourth-order valence-corrected chi connectivity index (χ4v) is 1.68. The number of nitrogens with one attached hydrogen (secondary N) is 1. The van der Waals surface area contributed by atoms with Crippen LogP contribution in [0.4, 0.5) is 4.79 Å². The summed E-state index contributed by atoms with van der Waals surface area (Å²) in [5, 5.41) is 19.7. The van der Waals surface area contributed by atoms with Crippen molar-refractivity contribution in [3.8, 4) is 0 Å². The number of hydrogen-bond donors (Lipinski definition) is 3. The molecular weight excluding hydrogens is 278 g/mol. The first kappa shape index (κ1) is 16.4. The number of aromatic nitrogens is 1. The first-order valence-corrected chi connectivity index (χ1v) is 6.17. The molecule has 3 N–H and O–H groups in total. The van der Waals surface area contributed by atoms with Crippen LogP contribution in [0.1, 0.15) is 17.7 Å². The molecule has 0 saturated carbocycles. The van der Waals surface area contributed by atoms with Crippen LogP contribution in [0.5, 0.6) is 0 Å². The Balaban J connectivity index is 2.64. The molecule has 0 fully saturated rings. The first-order chi connectivity index (χ1) is 9.79. The molecule has 1 atom stereocenters.